The Morgan fingerprint density at radius 2 is 2.00 bits per heavy atom. The van der Waals surface area contributed by atoms with Crippen LogP contribution in [0.2, 0.25) is 5.02 Å². The first-order valence-electron chi connectivity index (χ1n) is 8.50. The number of nitrogens with one attached hydrogen (secondary N) is 1. The molecule has 0 atom stereocenters. The van der Waals surface area contributed by atoms with Crippen LogP contribution in [0, 0.1) is 5.92 Å². The molecule has 1 aromatic carbocycles. The van der Waals surface area contributed by atoms with Crippen LogP contribution >= 0.6 is 23.4 Å². The zero-order valence-corrected chi connectivity index (χ0v) is 15.7. The summed E-state index contributed by atoms with van der Waals surface area (Å²) >= 11 is 7.99. The van der Waals surface area contributed by atoms with E-state index in [4.69, 9.17) is 21.1 Å². The maximum atomic E-state index is 6.35. The number of halogens is 1. The van der Waals surface area contributed by atoms with Gasteiger partial charge in [-0.1, -0.05) is 23.4 Å². The molecule has 2 aliphatic heterocycles. The molecule has 0 saturated carbocycles. The molecular weight excluding hydrogens is 360 g/mol. The van der Waals surface area contributed by atoms with Crippen molar-refractivity contribution < 1.29 is 9.47 Å². The fourth-order valence-corrected chi connectivity index (χ4v) is 4.43. The molecule has 0 bridgehead atoms. The quantitative estimate of drug-likeness (QED) is 0.804. The van der Waals surface area contributed by atoms with E-state index >= 15 is 0 Å². The third-order valence-electron chi connectivity index (χ3n) is 4.75. The third-order valence-corrected chi connectivity index (χ3v) is 6.17. The molecule has 0 aliphatic carbocycles. The largest absolute Gasteiger partial charge is 0.454 e. The topological polar surface area (TPSA) is 61.2 Å². The van der Waals surface area contributed by atoms with Gasteiger partial charge in [0.2, 0.25) is 6.79 Å². The van der Waals surface area contributed by atoms with Crippen LogP contribution in [0.4, 0.5) is 0 Å². The molecule has 2 aliphatic rings. The van der Waals surface area contributed by atoms with E-state index in [0.717, 1.165) is 47.6 Å². The number of nitrogens with zero attached hydrogens (tertiary/aromatic N) is 3. The highest BCUT2D eigenvalue weighted by Crippen LogP contribution is 2.38. The summed E-state index contributed by atoms with van der Waals surface area (Å²) in [4.78, 5) is 0. The van der Waals surface area contributed by atoms with Crippen molar-refractivity contribution in [3.05, 3.63) is 28.5 Å². The molecule has 1 aromatic heterocycles. The normalized spacial score (nSPS) is 17.2. The minimum atomic E-state index is 0.256. The molecule has 134 valence electrons. The van der Waals surface area contributed by atoms with Crippen LogP contribution in [-0.4, -0.2) is 34.6 Å². The van der Waals surface area contributed by atoms with Crippen molar-refractivity contribution in [2.45, 2.75) is 30.2 Å². The lowest BCUT2D eigenvalue weighted by atomic mass is 9.94. The zero-order valence-electron chi connectivity index (χ0n) is 14.1. The van der Waals surface area contributed by atoms with Crippen LogP contribution in [0.25, 0.3) is 0 Å². The molecule has 25 heavy (non-hydrogen) atoms. The fraction of sp³-hybridized carbons (Fsp3) is 0.529. The molecular formula is C17H21ClN4O2S. The number of hydrogen-bond donors (Lipinski definition) is 1. The summed E-state index contributed by atoms with van der Waals surface area (Å²) in [6.07, 6.45) is 3.42. The van der Waals surface area contributed by atoms with E-state index < -0.39 is 0 Å². The Morgan fingerprint density at radius 3 is 2.80 bits per heavy atom. The van der Waals surface area contributed by atoms with Gasteiger partial charge in [-0.2, -0.15) is 0 Å². The molecule has 0 radical (unpaired) electrons. The highest BCUT2D eigenvalue weighted by Gasteiger charge is 2.19. The lowest BCUT2D eigenvalue weighted by Gasteiger charge is -2.21. The summed E-state index contributed by atoms with van der Waals surface area (Å²) in [6, 6.07) is 3.77. The van der Waals surface area contributed by atoms with E-state index in [-0.39, 0.29) is 6.79 Å². The Kier molecular flexibility index (Phi) is 5.05. The average molecular weight is 381 g/mol. The van der Waals surface area contributed by atoms with Crippen LogP contribution in [-0.2, 0) is 19.2 Å². The van der Waals surface area contributed by atoms with E-state index in [1.54, 1.807) is 11.8 Å². The minimum Gasteiger partial charge on any atom is -0.454 e. The first kappa shape index (κ1) is 17.0. The lowest BCUT2D eigenvalue weighted by Crippen LogP contribution is -2.29. The van der Waals surface area contributed by atoms with E-state index in [1.165, 1.54) is 12.8 Å². The molecule has 0 amide bonds. The molecule has 2 aromatic rings. The highest BCUT2D eigenvalue weighted by atomic mass is 35.5. The first-order valence-corrected chi connectivity index (χ1v) is 9.87. The second-order valence-electron chi connectivity index (χ2n) is 6.44. The van der Waals surface area contributed by atoms with Gasteiger partial charge >= 0.3 is 0 Å². The van der Waals surface area contributed by atoms with E-state index in [9.17, 15) is 0 Å². The van der Waals surface area contributed by atoms with Crippen LogP contribution in [0.1, 0.15) is 24.2 Å². The monoisotopic (exact) mass is 380 g/mol. The van der Waals surface area contributed by atoms with Gasteiger partial charge in [0.25, 0.3) is 0 Å². The van der Waals surface area contributed by atoms with Crippen molar-refractivity contribution in [1.82, 2.24) is 20.1 Å². The molecule has 6 nitrogen and oxygen atoms in total. The van der Waals surface area contributed by atoms with Crippen molar-refractivity contribution in [2.24, 2.45) is 13.0 Å². The van der Waals surface area contributed by atoms with Crippen molar-refractivity contribution in [1.29, 1.82) is 0 Å². The van der Waals surface area contributed by atoms with Crippen LogP contribution < -0.4 is 14.8 Å². The van der Waals surface area contributed by atoms with E-state index in [1.807, 2.05) is 19.2 Å². The summed E-state index contributed by atoms with van der Waals surface area (Å²) in [5, 5.41) is 13.8. The van der Waals surface area contributed by atoms with Crippen LogP contribution in [0.3, 0.4) is 0 Å². The summed E-state index contributed by atoms with van der Waals surface area (Å²) in [5.74, 6) is 3.94. The predicted octanol–water partition coefficient (Wildman–Crippen LogP) is 3.03. The van der Waals surface area contributed by atoms with Crippen LogP contribution in [0.5, 0.6) is 11.5 Å². The number of hydrogen-bond acceptors (Lipinski definition) is 6. The number of aromatic nitrogens is 3. The van der Waals surface area contributed by atoms with Gasteiger partial charge in [0.1, 0.15) is 5.82 Å². The third kappa shape index (κ3) is 3.73. The number of piperidine rings is 1. The van der Waals surface area contributed by atoms with Gasteiger partial charge in [-0.15, -0.1) is 10.2 Å². The number of rotatable bonds is 5. The Morgan fingerprint density at radius 1 is 1.24 bits per heavy atom. The molecule has 8 heteroatoms. The van der Waals surface area contributed by atoms with Crippen LogP contribution in [0.15, 0.2) is 17.3 Å². The number of fused-ring (bicyclic) bond motifs is 1. The summed E-state index contributed by atoms with van der Waals surface area (Å²) in [5.41, 5.74) is 1.01. The maximum Gasteiger partial charge on any atom is 0.231 e. The van der Waals surface area contributed by atoms with Gasteiger partial charge in [-0.3, -0.25) is 0 Å². The number of thioether (sulfide) groups is 1. The average Bonchev–Trinajstić information content (AvgIpc) is 3.21. The molecule has 1 saturated heterocycles. The molecule has 1 N–H and O–H groups in total. The second-order valence-corrected chi connectivity index (χ2v) is 7.79. The predicted molar refractivity (Wildman–Crippen MR) is 97.4 cm³/mol. The maximum absolute atomic E-state index is 6.35. The van der Waals surface area contributed by atoms with Crippen molar-refractivity contribution >= 4 is 23.4 Å². The highest BCUT2D eigenvalue weighted by molar-refractivity contribution is 7.98. The SMILES string of the molecule is Cn1c(CC2CCNCC2)nnc1SCc1cc2c(cc1Cl)OCO2. The first-order chi connectivity index (χ1) is 12.2. The van der Waals surface area contributed by atoms with Crippen molar-refractivity contribution in [2.75, 3.05) is 19.9 Å². The Balaban J connectivity index is 1.41. The van der Waals surface area contributed by atoms with Gasteiger partial charge in [-0.25, -0.2) is 0 Å². The van der Waals surface area contributed by atoms with Crippen molar-refractivity contribution in [3.63, 3.8) is 0 Å². The molecule has 0 spiro atoms. The molecule has 1 fully saturated rings. The lowest BCUT2D eigenvalue weighted by molar-refractivity contribution is 0.174. The van der Waals surface area contributed by atoms with Gasteiger partial charge in [0.05, 0.1) is 0 Å². The second kappa shape index (κ2) is 7.43. The fourth-order valence-electron chi connectivity index (χ4n) is 3.20. The van der Waals surface area contributed by atoms with Gasteiger partial charge < -0.3 is 19.4 Å². The smallest absolute Gasteiger partial charge is 0.231 e. The van der Waals surface area contributed by atoms with Gasteiger partial charge in [0, 0.05) is 30.3 Å². The number of ether oxygens (including phenoxy) is 2. The summed E-state index contributed by atoms with van der Waals surface area (Å²) in [6.45, 7) is 2.46. The van der Waals surface area contributed by atoms with E-state index in [0.29, 0.717) is 16.7 Å². The molecule has 0 unspecified atom stereocenters. The summed E-state index contributed by atoms with van der Waals surface area (Å²) < 4.78 is 12.9. The minimum absolute atomic E-state index is 0.256. The standard InChI is InChI=1S/C17H21ClN4O2S/c1-22-16(6-11-2-4-19-5-3-11)20-21-17(22)25-9-12-7-14-15(8-13(12)18)24-10-23-14/h7-8,11,19H,2-6,9-10H2,1H3. The Bertz CT molecular complexity index is 761. The summed E-state index contributed by atoms with van der Waals surface area (Å²) in [7, 11) is 2.04. The van der Waals surface area contributed by atoms with Crippen molar-refractivity contribution in [3.8, 4) is 11.5 Å². The molecule has 3 heterocycles. The Labute approximate surface area is 156 Å². The van der Waals surface area contributed by atoms with Gasteiger partial charge in [0.15, 0.2) is 16.7 Å². The number of benzene rings is 1. The molecule has 4 rings (SSSR count). The van der Waals surface area contributed by atoms with E-state index in [2.05, 4.69) is 20.1 Å². The van der Waals surface area contributed by atoms with Gasteiger partial charge in [-0.05, 0) is 43.5 Å². The zero-order chi connectivity index (χ0) is 17.2. The Hall–Kier alpha value is -1.44.